The highest BCUT2D eigenvalue weighted by molar-refractivity contribution is 5.89. The van der Waals surface area contributed by atoms with Crippen molar-refractivity contribution in [1.82, 2.24) is 19.7 Å². The number of nitrogens with zero attached hydrogens (tertiary/aromatic N) is 4. The van der Waals surface area contributed by atoms with Crippen LogP contribution >= 0.6 is 0 Å². The maximum absolute atomic E-state index is 12.9. The largest absolute Gasteiger partial charge is 0.416 e. The van der Waals surface area contributed by atoms with Crippen LogP contribution in [0.25, 0.3) is 28.0 Å². The Balaban J connectivity index is 1.27. The van der Waals surface area contributed by atoms with Crippen molar-refractivity contribution in [2.24, 2.45) is 0 Å². The van der Waals surface area contributed by atoms with Crippen molar-refractivity contribution >= 4 is 23.2 Å². The molecule has 0 saturated heterocycles. The normalized spacial score (nSPS) is 11.5. The van der Waals surface area contributed by atoms with Gasteiger partial charge in [-0.3, -0.25) is 4.40 Å². The zero-order valence-corrected chi connectivity index (χ0v) is 23.5. The second-order valence-corrected chi connectivity index (χ2v) is 9.85. The van der Waals surface area contributed by atoms with Crippen LogP contribution in [-0.2, 0) is 12.7 Å². The van der Waals surface area contributed by atoms with Gasteiger partial charge in [0.15, 0.2) is 0 Å². The number of carbonyl (C=O) groups is 1. The first-order valence-corrected chi connectivity index (χ1v) is 13.7. The minimum atomic E-state index is -4.48. The van der Waals surface area contributed by atoms with Crippen molar-refractivity contribution < 1.29 is 18.0 Å². The lowest BCUT2D eigenvalue weighted by Crippen LogP contribution is -2.28. The molecule has 0 atom stereocenters. The summed E-state index contributed by atoms with van der Waals surface area (Å²) in [6.45, 7) is 8.33. The summed E-state index contributed by atoms with van der Waals surface area (Å²) in [5, 5.41) is 5.12. The third-order valence-corrected chi connectivity index (χ3v) is 7.22. The number of nitrogens with one attached hydrogen (secondary N) is 2. The van der Waals surface area contributed by atoms with Crippen LogP contribution in [-0.4, -0.2) is 33.5 Å². The highest BCUT2D eigenvalue weighted by atomic mass is 19.4. The number of hydrogen-bond acceptors (Lipinski definition) is 4. The third kappa shape index (κ3) is 6.07. The van der Waals surface area contributed by atoms with E-state index in [1.807, 2.05) is 53.3 Å². The quantitative estimate of drug-likeness (QED) is 0.201. The van der Waals surface area contributed by atoms with E-state index in [0.717, 1.165) is 70.2 Å². The smallest absolute Gasteiger partial charge is 0.357 e. The molecule has 3 aromatic heterocycles. The second kappa shape index (κ2) is 11.9. The van der Waals surface area contributed by atoms with Crippen LogP contribution in [0.2, 0.25) is 0 Å². The van der Waals surface area contributed by atoms with E-state index in [4.69, 9.17) is 0 Å². The van der Waals surface area contributed by atoms with E-state index in [1.165, 1.54) is 12.1 Å². The maximum atomic E-state index is 12.9. The van der Waals surface area contributed by atoms with Crippen molar-refractivity contribution in [3.63, 3.8) is 0 Å². The van der Waals surface area contributed by atoms with Gasteiger partial charge < -0.3 is 15.5 Å². The summed E-state index contributed by atoms with van der Waals surface area (Å²) in [5.74, 6) is 0.990. The average molecular weight is 573 g/mol. The number of rotatable bonds is 8. The van der Waals surface area contributed by atoms with Crippen molar-refractivity contribution in [2.75, 3.05) is 23.3 Å². The molecule has 0 spiro atoms. The van der Waals surface area contributed by atoms with Crippen LogP contribution < -0.4 is 15.5 Å². The van der Waals surface area contributed by atoms with E-state index in [9.17, 15) is 18.0 Å². The molecule has 42 heavy (non-hydrogen) atoms. The van der Waals surface area contributed by atoms with Crippen LogP contribution in [0.1, 0.15) is 30.5 Å². The molecule has 5 rings (SSSR count). The number of benzene rings is 2. The van der Waals surface area contributed by atoms with Gasteiger partial charge in [-0.05, 0) is 79.4 Å². The zero-order valence-electron chi connectivity index (χ0n) is 23.5. The monoisotopic (exact) mass is 572 g/mol. The van der Waals surface area contributed by atoms with Gasteiger partial charge in [-0.15, -0.1) is 0 Å². The van der Waals surface area contributed by atoms with Crippen molar-refractivity contribution in [3.8, 4) is 22.4 Å². The first-order valence-electron chi connectivity index (χ1n) is 13.7. The molecule has 0 bridgehead atoms. The summed E-state index contributed by atoms with van der Waals surface area (Å²) in [7, 11) is 0. The van der Waals surface area contributed by atoms with Crippen molar-refractivity contribution in [2.45, 2.75) is 33.5 Å². The number of fused-ring (bicyclic) bond motifs is 1. The van der Waals surface area contributed by atoms with Crippen LogP contribution in [0.15, 0.2) is 85.3 Å². The molecule has 0 saturated carbocycles. The Morgan fingerprint density at radius 1 is 0.952 bits per heavy atom. The number of alkyl halides is 3. The molecule has 10 heteroatoms. The number of pyridine rings is 2. The fourth-order valence-electron chi connectivity index (χ4n) is 4.97. The Bertz CT molecular complexity index is 1710. The van der Waals surface area contributed by atoms with Gasteiger partial charge in [-0.2, -0.15) is 13.2 Å². The molecular formula is C32H31F3N6O. The molecule has 0 radical (unpaired) electrons. The van der Waals surface area contributed by atoms with Crippen LogP contribution in [0.3, 0.4) is 0 Å². The Hall–Kier alpha value is -4.86. The number of aromatic nitrogens is 3. The van der Waals surface area contributed by atoms with Gasteiger partial charge in [0.25, 0.3) is 0 Å². The number of amides is 2. The van der Waals surface area contributed by atoms with Gasteiger partial charge in [-0.25, -0.2) is 14.8 Å². The highest BCUT2D eigenvalue weighted by Gasteiger charge is 2.30. The minimum Gasteiger partial charge on any atom is -0.357 e. The van der Waals surface area contributed by atoms with E-state index in [2.05, 4.69) is 58.4 Å². The lowest BCUT2D eigenvalue weighted by atomic mass is 10.0. The van der Waals surface area contributed by atoms with Crippen LogP contribution in [0.4, 0.5) is 29.5 Å². The summed E-state index contributed by atoms with van der Waals surface area (Å²) in [6.07, 6.45) is 1.21. The first kappa shape index (κ1) is 28.7. The standard InChI is InChI=1S/C32H31F3N6O/c1-4-40(5-2)30-21(3)27(13-15-36-30)24-14-16-41-28(20-37-29(41)17-24)23-11-9-22(10-12-23)19-38-31(42)39-26-8-6-7-25(18-26)32(33,34)35/h6-18,20H,4-5,19H2,1-3H3,(H2,38,39,42). The molecule has 0 aliphatic heterocycles. The average Bonchev–Trinajstić information content (AvgIpc) is 3.41. The molecule has 5 aromatic rings. The van der Waals surface area contributed by atoms with Gasteiger partial charge in [-0.1, -0.05) is 30.3 Å². The van der Waals surface area contributed by atoms with Gasteiger partial charge >= 0.3 is 12.2 Å². The SMILES string of the molecule is CCN(CC)c1nccc(-c2ccn3c(-c4ccc(CNC(=O)Nc5cccc(C(F)(F)F)c5)cc4)cnc3c2)c1C. The molecule has 0 aliphatic rings. The fourth-order valence-corrected chi connectivity index (χ4v) is 4.97. The van der Waals surface area contributed by atoms with Gasteiger partial charge in [0.05, 0.1) is 17.5 Å². The van der Waals surface area contributed by atoms with E-state index >= 15 is 0 Å². The Morgan fingerprint density at radius 3 is 2.43 bits per heavy atom. The van der Waals surface area contributed by atoms with E-state index < -0.39 is 17.8 Å². The van der Waals surface area contributed by atoms with Crippen molar-refractivity contribution in [1.29, 1.82) is 0 Å². The number of anilines is 2. The predicted octanol–water partition coefficient (Wildman–Crippen LogP) is 7.56. The number of hydrogen-bond donors (Lipinski definition) is 2. The minimum absolute atomic E-state index is 0.0665. The number of halogens is 3. The Morgan fingerprint density at radius 2 is 1.71 bits per heavy atom. The summed E-state index contributed by atoms with van der Waals surface area (Å²) >= 11 is 0. The molecule has 0 fully saturated rings. The lowest BCUT2D eigenvalue weighted by Gasteiger charge is -2.23. The summed E-state index contributed by atoms with van der Waals surface area (Å²) in [5.41, 5.74) is 6.10. The highest BCUT2D eigenvalue weighted by Crippen LogP contribution is 2.32. The molecule has 0 unspecified atom stereocenters. The van der Waals surface area contributed by atoms with E-state index in [-0.39, 0.29) is 12.2 Å². The predicted molar refractivity (Wildman–Crippen MR) is 159 cm³/mol. The molecule has 7 nitrogen and oxygen atoms in total. The molecule has 2 N–H and O–H groups in total. The zero-order chi connectivity index (χ0) is 29.9. The van der Waals surface area contributed by atoms with Crippen molar-refractivity contribution in [3.05, 3.63) is 102 Å². The molecule has 3 heterocycles. The number of imidazole rings is 1. The summed E-state index contributed by atoms with van der Waals surface area (Å²) in [6, 6.07) is 17.8. The number of urea groups is 1. The Kier molecular flexibility index (Phi) is 8.15. The van der Waals surface area contributed by atoms with Crippen LogP contribution in [0.5, 0.6) is 0 Å². The second-order valence-electron chi connectivity index (χ2n) is 9.85. The van der Waals surface area contributed by atoms with Gasteiger partial charge in [0.1, 0.15) is 11.5 Å². The molecule has 216 valence electrons. The summed E-state index contributed by atoms with van der Waals surface area (Å²) < 4.78 is 40.8. The van der Waals surface area contributed by atoms with E-state index in [1.54, 1.807) is 0 Å². The topological polar surface area (TPSA) is 74.6 Å². The third-order valence-electron chi connectivity index (χ3n) is 7.22. The van der Waals surface area contributed by atoms with Gasteiger partial charge in [0, 0.05) is 43.3 Å². The molecule has 2 amide bonds. The molecule has 2 aromatic carbocycles. The number of carbonyl (C=O) groups excluding carboxylic acids is 1. The lowest BCUT2D eigenvalue weighted by molar-refractivity contribution is -0.137. The van der Waals surface area contributed by atoms with E-state index in [0.29, 0.717) is 0 Å². The first-order chi connectivity index (χ1) is 20.2. The van der Waals surface area contributed by atoms with Gasteiger partial charge in [0.2, 0.25) is 0 Å². The maximum Gasteiger partial charge on any atom is 0.416 e. The molecule has 0 aliphatic carbocycles. The molecular weight excluding hydrogens is 541 g/mol. The Labute approximate surface area is 242 Å². The van der Waals surface area contributed by atoms with Crippen LogP contribution in [0, 0.1) is 6.92 Å². The summed E-state index contributed by atoms with van der Waals surface area (Å²) in [4.78, 5) is 23.8. The fraction of sp³-hybridized carbons (Fsp3) is 0.219.